The summed E-state index contributed by atoms with van der Waals surface area (Å²) < 4.78 is 13.2. The maximum atomic E-state index is 13.0. The van der Waals surface area contributed by atoms with E-state index in [0.29, 0.717) is 18.3 Å². The molecule has 5 rings (SSSR count). The van der Waals surface area contributed by atoms with Crippen LogP contribution in [0.3, 0.4) is 0 Å². The summed E-state index contributed by atoms with van der Waals surface area (Å²) in [5.74, 6) is -0.0363. The van der Waals surface area contributed by atoms with E-state index in [0.717, 1.165) is 62.1 Å². The van der Waals surface area contributed by atoms with E-state index in [9.17, 15) is 9.59 Å². The molecule has 2 aromatic rings. The monoisotopic (exact) mass is 438 g/mol. The third-order valence-electron chi connectivity index (χ3n) is 6.79. The van der Waals surface area contributed by atoms with E-state index in [1.165, 1.54) is 0 Å². The lowest BCUT2D eigenvalue weighted by molar-refractivity contribution is -0.117. The van der Waals surface area contributed by atoms with E-state index in [1.54, 1.807) is 16.7 Å². The van der Waals surface area contributed by atoms with Crippen molar-refractivity contribution in [2.45, 2.75) is 64.1 Å². The Balaban J connectivity index is 1.47. The largest absolute Gasteiger partial charge is 0.446 e. The second kappa shape index (κ2) is 8.58. The van der Waals surface area contributed by atoms with Crippen molar-refractivity contribution >= 4 is 23.4 Å². The van der Waals surface area contributed by atoms with Gasteiger partial charge in [-0.1, -0.05) is 6.07 Å². The zero-order valence-corrected chi connectivity index (χ0v) is 18.7. The molecule has 1 unspecified atom stereocenters. The Kier molecular flexibility index (Phi) is 5.63. The van der Waals surface area contributed by atoms with Gasteiger partial charge in [0.25, 0.3) is 0 Å². The number of ether oxygens (including phenoxy) is 2. The molecule has 1 atom stereocenters. The van der Waals surface area contributed by atoms with Crippen LogP contribution in [0.25, 0.3) is 11.1 Å². The first kappa shape index (κ1) is 21.0. The SMILES string of the molecule is CC(=O)N1c2ccc(-c3cnn(C4CCOCC4)c3)cc2N(C(=O)OC2CCC2)CC1C. The van der Waals surface area contributed by atoms with Crippen LogP contribution in [-0.4, -0.2) is 53.7 Å². The van der Waals surface area contributed by atoms with Crippen molar-refractivity contribution in [1.29, 1.82) is 0 Å². The molecule has 1 aromatic carbocycles. The van der Waals surface area contributed by atoms with Gasteiger partial charge in [0.1, 0.15) is 6.10 Å². The molecule has 0 bridgehead atoms. The molecule has 1 saturated heterocycles. The molecule has 8 nitrogen and oxygen atoms in total. The van der Waals surface area contributed by atoms with Gasteiger partial charge in [-0.2, -0.15) is 5.10 Å². The molecule has 1 aromatic heterocycles. The van der Waals surface area contributed by atoms with Crippen molar-refractivity contribution < 1.29 is 19.1 Å². The summed E-state index contributed by atoms with van der Waals surface area (Å²) in [5.41, 5.74) is 3.39. The Morgan fingerprint density at radius 2 is 1.88 bits per heavy atom. The smallest absolute Gasteiger partial charge is 0.414 e. The number of benzene rings is 1. The summed E-state index contributed by atoms with van der Waals surface area (Å²) >= 11 is 0. The summed E-state index contributed by atoms with van der Waals surface area (Å²) in [6, 6.07) is 6.11. The van der Waals surface area contributed by atoms with Gasteiger partial charge in [-0.15, -0.1) is 0 Å². The van der Waals surface area contributed by atoms with E-state index in [4.69, 9.17) is 9.47 Å². The molecule has 3 aliphatic rings. The molecule has 2 aliphatic heterocycles. The van der Waals surface area contributed by atoms with Crippen LogP contribution in [0.4, 0.5) is 16.2 Å². The average molecular weight is 439 g/mol. The van der Waals surface area contributed by atoms with Crippen LogP contribution in [0.5, 0.6) is 0 Å². The molecule has 0 N–H and O–H groups in total. The Morgan fingerprint density at radius 3 is 2.56 bits per heavy atom. The molecular weight excluding hydrogens is 408 g/mol. The Labute approximate surface area is 188 Å². The Morgan fingerprint density at radius 1 is 1.09 bits per heavy atom. The predicted octanol–water partition coefficient (Wildman–Crippen LogP) is 4.15. The van der Waals surface area contributed by atoms with Crippen LogP contribution in [0.15, 0.2) is 30.6 Å². The van der Waals surface area contributed by atoms with Crippen molar-refractivity contribution in [2.24, 2.45) is 0 Å². The number of nitrogens with zero attached hydrogens (tertiary/aromatic N) is 4. The number of amides is 2. The number of rotatable bonds is 3. The maximum Gasteiger partial charge on any atom is 0.414 e. The number of aromatic nitrogens is 2. The van der Waals surface area contributed by atoms with Crippen molar-refractivity contribution in [3.05, 3.63) is 30.6 Å². The second-order valence-electron chi connectivity index (χ2n) is 9.04. The van der Waals surface area contributed by atoms with Crippen LogP contribution < -0.4 is 9.80 Å². The van der Waals surface area contributed by atoms with Crippen molar-refractivity contribution in [2.75, 3.05) is 29.6 Å². The lowest BCUT2D eigenvalue weighted by atomic mass is 9.96. The van der Waals surface area contributed by atoms with Gasteiger partial charge in [-0.3, -0.25) is 14.4 Å². The summed E-state index contributed by atoms with van der Waals surface area (Å²) in [5, 5.41) is 4.59. The minimum Gasteiger partial charge on any atom is -0.446 e. The van der Waals surface area contributed by atoms with Gasteiger partial charge in [0, 0.05) is 38.4 Å². The van der Waals surface area contributed by atoms with E-state index in [1.807, 2.05) is 36.0 Å². The van der Waals surface area contributed by atoms with Gasteiger partial charge in [0.05, 0.1) is 29.7 Å². The molecule has 2 fully saturated rings. The summed E-state index contributed by atoms with van der Waals surface area (Å²) in [4.78, 5) is 28.8. The minimum absolute atomic E-state index is 0.00739. The predicted molar refractivity (Wildman–Crippen MR) is 121 cm³/mol. The van der Waals surface area contributed by atoms with E-state index < -0.39 is 0 Å². The van der Waals surface area contributed by atoms with Gasteiger partial charge >= 0.3 is 6.09 Å². The van der Waals surface area contributed by atoms with Crippen LogP contribution in [0.2, 0.25) is 0 Å². The average Bonchev–Trinajstić information content (AvgIpc) is 3.26. The third kappa shape index (κ3) is 3.88. The maximum absolute atomic E-state index is 13.0. The van der Waals surface area contributed by atoms with E-state index in [-0.39, 0.29) is 24.1 Å². The molecule has 170 valence electrons. The lowest BCUT2D eigenvalue weighted by Crippen LogP contribution is -2.52. The number of carbonyl (C=O) groups is 2. The summed E-state index contributed by atoms with van der Waals surface area (Å²) in [6.07, 6.45) is 8.46. The van der Waals surface area contributed by atoms with E-state index in [2.05, 4.69) is 11.3 Å². The van der Waals surface area contributed by atoms with Crippen molar-refractivity contribution in [3.63, 3.8) is 0 Å². The molecule has 32 heavy (non-hydrogen) atoms. The fraction of sp³-hybridized carbons (Fsp3) is 0.542. The van der Waals surface area contributed by atoms with Crippen LogP contribution in [0.1, 0.15) is 52.0 Å². The molecule has 0 radical (unpaired) electrons. The number of hydrogen-bond acceptors (Lipinski definition) is 5. The van der Waals surface area contributed by atoms with Crippen LogP contribution in [0, 0.1) is 0 Å². The first-order chi connectivity index (χ1) is 15.5. The molecule has 3 heterocycles. The van der Waals surface area contributed by atoms with E-state index >= 15 is 0 Å². The van der Waals surface area contributed by atoms with Gasteiger partial charge in [-0.05, 0) is 56.7 Å². The van der Waals surface area contributed by atoms with Gasteiger partial charge in [-0.25, -0.2) is 4.79 Å². The van der Waals surface area contributed by atoms with Gasteiger partial charge in [0.2, 0.25) is 5.91 Å². The van der Waals surface area contributed by atoms with Gasteiger partial charge in [0.15, 0.2) is 0 Å². The zero-order chi connectivity index (χ0) is 22.2. The number of anilines is 2. The molecule has 1 aliphatic carbocycles. The minimum atomic E-state index is -0.332. The highest BCUT2D eigenvalue weighted by atomic mass is 16.6. The fourth-order valence-electron chi connectivity index (χ4n) is 4.79. The van der Waals surface area contributed by atoms with Crippen molar-refractivity contribution in [1.82, 2.24) is 9.78 Å². The number of hydrogen-bond donors (Lipinski definition) is 0. The highest BCUT2D eigenvalue weighted by molar-refractivity contribution is 6.03. The molecule has 8 heteroatoms. The molecule has 1 saturated carbocycles. The summed E-state index contributed by atoms with van der Waals surface area (Å²) in [7, 11) is 0. The highest BCUT2D eigenvalue weighted by Crippen LogP contribution is 2.40. The zero-order valence-electron chi connectivity index (χ0n) is 18.7. The van der Waals surface area contributed by atoms with Crippen molar-refractivity contribution in [3.8, 4) is 11.1 Å². The Hall–Kier alpha value is -2.87. The summed E-state index contributed by atoms with van der Waals surface area (Å²) in [6.45, 7) is 5.45. The first-order valence-corrected chi connectivity index (χ1v) is 11.6. The fourth-order valence-corrected chi connectivity index (χ4v) is 4.79. The van der Waals surface area contributed by atoms with Crippen LogP contribution in [-0.2, 0) is 14.3 Å². The molecule has 0 spiro atoms. The first-order valence-electron chi connectivity index (χ1n) is 11.6. The topological polar surface area (TPSA) is 76.9 Å². The van der Waals surface area contributed by atoms with Gasteiger partial charge < -0.3 is 14.4 Å². The molecular formula is C24H30N4O4. The highest BCUT2D eigenvalue weighted by Gasteiger charge is 2.36. The molecule has 2 amide bonds. The Bertz CT molecular complexity index is 1010. The quantitative estimate of drug-likeness (QED) is 0.719. The second-order valence-corrected chi connectivity index (χ2v) is 9.04. The normalized spacial score (nSPS) is 21.8. The number of fused-ring (bicyclic) bond motifs is 1. The standard InChI is InChI=1S/C24H30N4O4/c1-16-14-26(24(30)32-21-4-3-5-21)23-12-18(6-7-22(23)28(16)17(2)29)19-13-25-27(15-19)20-8-10-31-11-9-20/h6-7,12-13,15-16,20-21H,3-5,8-11,14H2,1-2H3. The van der Waals surface area contributed by atoms with Crippen LogP contribution >= 0.6 is 0 Å². The third-order valence-corrected chi connectivity index (χ3v) is 6.79. The lowest BCUT2D eigenvalue weighted by Gasteiger charge is -2.41. The number of carbonyl (C=O) groups excluding carboxylic acids is 2.